The molecule has 0 amide bonds. The summed E-state index contributed by atoms with van der Waals surface area (Å²) < 4.78 is 31.4. The van der Waals surface area contributed by atoms with Crippen LogP contribution in [0.5, 0.6) is 0 Å². The van der Waals surface area contributed by atoms with E-state index in [1.807, 2.05) is 13.8 Å². The third kappa shape index (κ3) is 5.65. The molecule has 1 aromatic rings. The predicted octanol–water partition coefficient (Wildman–Crippen LogP) is 0.525. The Labute approximate surface area is 113 Å². The molecule has 6 nitrogen and oxygen atoms in total. The molecule has 1 aromatic heterocycles. The van der Waals surface area contributed by atoms with Crippen molar-refractivity contribution in [3.05, 3.63) is 23.9 Å². The van der Waals surface area contributed by atoms with Crippen molar-refractivity contribution >= 4 is 10.0 Å². The van der Waals surface area contributed by atoms with Crippen LogP contribution in [0.15, 0.2) is 23.4 Å². The van der Waals surface area contributed by atoms with Crippen molar-refractivity contribution in [1.82, 2.24) is 9.71 Å². The van der Waals surface area contributed by atoms with Crippen LogP contribution >= 0.6 is 0 Å². The maximum atomic E-state index is 11.8. The Morgan fingerprint density at radius 2 is 2.16 bits per heavy atom. The van der Waals surface area contributed by atoms with Gasteiger partial charge in [0.25, 0.3) is 10.0 Å². The predicted molar refractivity (Wildman–Crippen MR) is 71.0 cm³/mol. The molecule has 0 atom stereocenters. The van der Waals surface area contributed by atoms with Gasteiger partial charge >= 0.3 is 0 Å². The molecule has 1 heterocycles. The molecule has 0 saturated heterocycles. The topological polar surface area (TPSA) is 88.5 Å². The normalized spacial score (nSPS) is 12.0. The first kappa shape index (κ1) is 16.0. The van der Waals surface area contributed by atoms with Gasteiger partial charge in [0.2, 0.25) is 0 Å². The van der Waals surface area contributed by atoms with E-state index in [1.165, 1.54) is 18.3 Å². The van der Waals surface area contributed by atoms with Crippen molar-refractivity contribution < 1.29 is 18.3 Å². The second kappa shape index (κ2) is 7.54. The van der Waals surface area contributed by atoms with Gasteiger partial charge in [-0.2, -0.15) is 0 Å². The van der Waals surface area contributed by atoms with E-state index in [0.29, 0.717) is 24.7 Å². The van der Waals surface area contributed by atoms with Gasteiger partial charge in [0.15, 0.2) is 5.03 Å². The number of pyridine rings is 1. The van der Waals surface area contributed by atoms with E-state index in [2.05, 4.69) is 9.71 Å². The van der Waals surface area contributed by atoms with Crippen LogP contribution in [0.4, 0.5) is 0 Å². The second-order valence-corrected chi connectivity index (χ2v) is 6.24. The molecule has 0 radical (unpaired) electrons. The van der Waals surface area contributed by atoms with Crippen molar-refractivity contribution in [3.63, 3.8) is 0 Å². The van der Waals surface area contributed by atoms with E-state index < -0.39 is 10.0 Å². The van der Waals surface area contributed by atoms with Gasteiger partial charge in [0, 0.05) is 19.3 Å². The van der Waals surface area contributed by atoms with Crippen LogP contribution in [0.3, 0.4) is 0 Å². The zero-order valence-electron chi connectivity index (χ0n) is 11.2. The molecule has 2 N–H and O–H groups in total. The molecule has 108 valence electrons. The van der Waals surface area contributed by atoms with E-state index in [0.717, 1.165) is 0 Å². The average Bonchev–Trinajstić information content (AvgIpc) is 2.38. The van der Waals surface area contributed by atoms with E-state index in [4.69, 9.17) is 9.84 Å². The molecule has 0 bridgehead atoms. The largest absolute Gasteiger partial charge is 0.392 e. The van der Waals surface area contributed by atoms with Crippen LogP contribution in [0.25, 0.3) is 0 Å². The summed E-state index contributed by atoms with van der Waals surface area (Å²) in [5.74, 6) is 0.421. The number of aliphatic hydroxyl groups excluding tert-OH is 1. The number of aliphatic hydroxyl groups is 1. The Kier molecular flexibility index (Phi) is 6.36. The molecular weight excluding hydrogens is 268 g/mol. The molecule has 0 aliphatic rings. The fourth-order valence-electron chi connectivity index (χ4n) is 1.30. The van der Waals surface area contributed by atoms with Crippen molar-refractivity contribution in [2.75, 3.05) is 19.8 Å². The first-order valence-corrected chi connectivity index (χ1v) is 7.57. The van der Waals surface area contributed by atoms with Crippen LogP contribution < -0.4 is 4.72 Å². The molecular formula is C12H20N2O4S. The average molecular weight is 288 g/mol. The Morgan fingerprint density at radius 3 is 2.68 bits per heavy atom. The lowest BCUT2D eigenvalue weighted by atomic mass is 10.2. The van der Waals surface area contributed by atoms with Crippen molar-refractivity contribution in [2.45, 2.75) is 25.5 Å². The van der Waals surface area contributed by atoms with Gasteiger partial charge in [-0.25, -0.2) is 18.1 Å². The minimum atomic E-state index is -3.61. The summed E-state index contributed by atoms with van der Waals surface area (Å²) in [6.07, 6.45) is 1.34. The summed E-state index contributed by atoms with van der Waals surface area (Å²) in [6, 6.07) is 2.89. The molecule has 19 heavy (non-hydrogen) atoms. The molecule has 0 fully saturated rings. The maximum absolute atomic E-state index is 11.8. The standard InChI is InChI=1S/C12H20N2O4S/c1-10(2)9-18-6-5-14-19(16,17)12-4-3-11(8-15)7-13-12/h3-4,7,10,14-15H,5-6,8-9H2,1-2H3. The Bertz CT molecular complexity index is 471. The van der Waals surface area contributed by atoms with Gasteiger partial charge in [0.1, 0.15) is 0 Å². The fourth-order valence-corrected chi connectivity index (χ4v) is 2.24. The molecule has 0 aromatic carbocycles. The summed E-state index contributed by atoms with van der Waals surface area (Å²) in [7, 11) is -3.61. The highest BCUT2D eigenvalue weighted by Gasteiger charge is 2.14. The van der Waals surface area contributed by atoms with Crippen LogP contribution in [0, 0.1) is 5.92 Å². The lowest BCUT2D eigenvalue weighted by Crippen LogP contribution is -2.28. The molecule has 0 unspecified atom stereocenters. The highest BCUT2D eigenvalue weighted by molar-refractivity contribution is 7.89. The molecule has 0 spiro atoms. The van der Waals surface area contributed by atoms with Gasteiger partial charge < -0.3 is 9.84 Å². The quantitative estimate of drug-likeness (QED) is 0.681. The van der Waals surface area contributed by atoms with Crippen LogP contribution in [0.1, 0.15) is 19.4 Å². The smallest absolute Gasteiger partial charge is 0.258 e. The first-order valence-electron chi connectivity index (χ1n) is 6.09. The van der Waals surface area contributed by atoms with Crippen molar-refractivity contribution in [2.24, 2.45) is 5.92 Å². The first-order chi connectivity index (χ1) is 8.95. The van der Waals surface area contributed by atoms with E-state index in [-0.39, 0.29) is 18.2 Å². The summed E-state index contributed by atoms with van der Waals surface area (Å²) in [5.41, 5.74) is 0.569. The lowest BCUT2D eigenvalue weighted by Gasteiger charge is -2.08. The lowest BCUT2D eigenvalue weighted by molar-refractivity contribution is 0.114. The number of ether oxygens (including phenoxy) is 1. The highest BCUT2D eigenvalue weighted by Crippen LogP contribution is 2.06. The molecule has 7 heteroatoms. The van der Waals surface area contributed by atoms with Gasteiger partial charge in [-0.3, -0.25) is 0 Å². The summed E-state index contributed by atoms with van der Waals surface area (Å²) in [5, 5.41) is 8.79. The van der Waals surface area contributed by atoms with Gasteiger partial charge in [-0.15, -0.1) is 0 Å². The monoisotopic (exact) mass is 288 g/mol. The number of aromatic nitrogens is 1. The van der Waals surface area contributed by atoms with E-state index in [9.17, 15) is 8.42 Å². The van der Waals surface area contributed by atoms with Crippen molar-refractivity contribution in [1.29, 1.82) is 0 Å². The molecule has 0 aliphatic heterocycles. The maximum Gasteiger partial charge on any atom is 0.258 e. The number of hydrogen-bond donors (Lipinski definition) is 2. The summed E-state index contributed by atoms with van der Waals surface area (Å²) >= 11 is 0. The number of hydrogen-bond acceptors (Lipinski definition) is 5. The van der Waals surface area contributed by atoms with Gasteiger partial charge in [-0.05, 0) is 17.5 Å². The molecule has 1 rings (SSSR count). The van der Waals surface area contributed by atoms with Crippen molar-refractivity contribution in [3.8, 4) is 0 Å². The summed E-state index contributed by atoms with van der Waals surface area (Å²) in [4.78, 5) is 3.80. The van der Waals surface area contributed by atoms with E-state index in [1.54, 1.807) is 0 Å². The Morgan fingerprint density at radius 1 is 1.42 bits per heavy atom. The highest BCUT2D eigenvalue weighted by atomic mass is 32.2. The second-order valence-electron chi connectivity index (χ2n) is 4.53. The number of nitrogens with zero attached hydrogens (tertiary/aromatic N) is 1. The molecule has 0 aliphatic carbocycles. The molecule has 0 saturated carbocycles. The van der Waals surface area contributed by atoms with Crippen LogP contribution in [0.2, 0.25) is 0 Å². The third-order valence-corrected chi connectivity index (χ3v) is 3.62. The number of rotatable bonds is 8. The Hall–Kier alpha value is -1.02. The minimum absolute atomic E-state index is 0.0615. The van der Waals surface area contributed by atoms with Gasteiger partial charge in [0.05, 0.1) is 13.2 Å². The van der Waals surface area contributed by atoms with E-state index >= 15 is 0 Å². The Balaban J connectivity index is 2.46. The zero-order chi connectivity index (χ0) is 14.3. The number of sulfonamides is 1. The fraction of sp³-hybridized carbons (Fsp3) is 0.583. The van der Waals surface area contributed by atoms with Crippen LogP contribution in [-0.4, -0.2) is 38.3 Å². The zero-order valence-corrected chi connectivity index (χ0v) is 12.0. The van der Waals surface area contributed by atoms with Gasteiger partial charge in [-0.1, -0.05) is 19.9 Å². The minimum Gasteiger partial charge on any atom is -0.392 e. The summed E-state index contributed by atoms with van der Waals surface area (Å²) in [6.45, 7) is 5.02. The van der Waals surface area contributed by atoms with Crippen LogP contribution in [-0.2, 0) is 21.4 Å². The number of nitrogens with one attached hydrogen (secondary N) is 1. The SMILES string of the molecule is CC(C)COCCNS(=O)(=O)c1ccc(CO)cn1. The third-order valence-electron chi connectivity index (χ3n) is 2.25.